The summed E-state index contributed by atoms with van der Waals surface area (Å²) in [6, 6.07) is 3.57. The van der Waals surface area contributed by atoms with Crippen molar-refractivity contribution < 1.29 is 12.8 Å². The van der Waals surface area contributed by atoms with Gasteiger partial charge in [-0.15, -0.1) is 0 Å². The molecule has 18 heavy (non-hydrogen) atoms. The molecule has 102 valence electrons. The van der Waals surface area contributed by atoms with Crippen LogP contribution in [0.2, 0.25) is 0 Å². The lowest BCUT2D eigenvalue weighted by atomic mass is 10.1. The van der Waals surface area contributed by atoms with Crippen LogP contribution in [0.5, 0.6) is 0 Å². The van der Waals surface area contributed by atoms with Crippen molar-refractivity contribution in [1.29, 1.82) is 0 Å². The van der Waals surface area contributed by atoms with Gasteiger partial charge in [-0.2, -0.15) is 0 Å². The quantitative estimate of drug-likeness (QED) is 0.626. The number of aryl methyl sites for hydroxylation is 1. The standard InChI is InChI=1S/C12H17FINO2S/c1-8(2)11(7-14)15-18(16,17)12-5-4-10(13)6-9(12)3/h4-6,8,11,15H,7H2,1-3H3. The first kappa shape index (κ1) is 15.8. The van der Waals surface area contributed by atoms with Crippen LogP contribution in [-0.4, -0.2) is 18.9 Å². The molecule has 1 aromatic carbocycles. The molecule has 6 heteroatoms. The molecule has 1 unspecified atom stereocenters. The van der Waals surface area contributed by atoms with Gasteiger partial charge in [0.25, 0.3) is 0 Å². The second-order valence-electron chi connectivity index (χ2n) is 4.54. The molecule has 0 aromatic heterocycles. The summed E-state index contributed by atoms with van der Waals surface area (Å²) in [6.45, 7) is 5.51. The number of sulfonamides is 1. The molecule has 1 atom stereocenters. The summed E-state index contributed by atoms with van der Waals surface area (Å²) in [7, 11) is -3.59. The van der Waals surface area contributed by atoms with Crippen LogP contribution in [-0.2, 0) is 10.0 Å². The summed E-state index contributed by atoms with van der Waals surface area (Å²) in [5.41, 5.74) is 0.415. The van der Waals surface area contributed by atoms with Crippen LogP contribution in [0.4, 0.5) is 4.39 Å². The topological polar surface area (TPSA) is 46.2 Å². The normalized spacial score (nSPS) is 13.9. The molecule has 0 amide bonds. The molecule has 0 saturated carbocycles. The number of rotatable bonds is 5. The fourth-order valence-corrected chi connectivity index (χ4v) is 4.67. The molecule has 0 heterocycles. The molecule has 0 radical (unpaired) electrons. The Morgan fingerprint density at radius 2 is 2.00 bits per heavy atom. The van der Waals surface area contributed by atoms with Crippen LogP contribution < -0.4 is 4.72 Å². The van der Waals surface area contributed by atoms with Gasteiger partial charge in [0.1, 0.15) is 5.82 Å². The smallest absolute Gasteiger partial charge is 0.207 e. The highest BCUT2D eigenvalue weighted by Gasteiger charge is 2.23. The van der Waals surface area contributed by atoms with Crippen LogP contribution in [0.15, 0.2) is 23.1 Å². The molecule has 0 aliphatic rings. The molecule has 0 bridgehead atoms. The average Bonchev–Trinajstić information content (AvgIpc) is 2.24. The van der Waals surface area contributed by atoms with E-state index in [1.54, 1.807) is 6.92 Å². The van der Waals surface area contributed by atoms with Crippen LogP contribution in [0.3, 0.4) is 0 Å². The lowest BCUT2D eigenvalue weighted by Crippen LogP contribution is -2.39. The van der Waals surface area contributed by atoms with Crippen LogP contribution in [0, 0.1) is 18.7 Å². The Hall–Kier alpha value is -0.210. The molecule has 0 spiro atoms. The van der Waals surface area contributed by atoms with E-state index in [0.717, 1.165) is 6.07 Å². The van der Waals surface area contributed by atoms with E-state index < -0.39 is 15.8 Å². The maximum absolute atomic E-state index is 13.0. The summed E-state index contributed by atoms with van der Waals surface area (Å²) < 4.78 is 40.7. The van der Waals surface area contributed by atoms with E-state index in [1.807, 2.05) is 13.8 Å². The minimum atomic E-state index is -3.59. The molecule has 0 aliphatic heterocycles. The summed E-state index contributed by atoms with van der Waals surface area (Å²) in [4.78, 5) is 0.138. The highest BCUT2D eigenvalue weighted by atomic mass is 127. The molecule has 0 aliphatic carbocycles. The fourth-order valence-electron chi connectivity index (χ4n) is 1.52. The Balaban J connectivity index is 3.06. The molecular weight excluding hydrogens is 368 g/mol. The van der Waals surface area contributed by atoms with Crippen LogP contribution >= 0.6 is 22.6 Å². The molecule has 0 fully saturated rings. The third-order valence-electron chi connectivity index (χ3n) is 2.70. The number of hydrogen-bond donors (Lipinski definition) is 1. The summed E-state index contributed by atoms with van der Waals surface area (Å²) in [6.07, 6.45) is 0. The van der Waals surface area contributed by atoms with Gasteiger partial charge in [-0.05, 0) is 36.6 Å². The van der Waals surface area contributed by atoms with Crippen molar-refractivity contribution in [3.05, 3.63) is 29.6 Å². The SMILES string of the molecule is Cc1cc(F)ccc1S(=O)(=O)NC(CI)C(C)C. The molecule has 1 N–H and O–H groups in total. The summed E-state index contributed by atoms with van der Waals surface area (Å²) >= 11 is 2.15. The van der Waals surface area contributed by atoms with Crippen molar-refractivity contribution >= 4 is 32.6 Å². The largest absolute Gasteiger partial charge is 0.241 e. The Morgan fingerprint density at radius 3 is 2.44 bits per heavy atom. The van der Waals surface area contributed by atoms with E-state index in [2.05, 4.69) is 27.3 Å². The van der Waals surface area contributed by atoms with Crippen molar-refractivity contribution in [3.63, 3.8) is 0 Å². The fraction of sp³-hybridized carbons (Fsp3) is 0.500. The predicted octanol–water partition coefficient (Wildman–Crippen LogP) is 2.87. The van der Waals surface area contributed by atoms with Gasteiger partial charge >= 0.3 is 0 Å². The maximum atomic E-state index is 13.0. The number of hydrogen-bond acceptors (Lipinski definition) is 2. The van der Waals surface area contributed by atoms with E-state index in [9.17, 15) is 12.8 Å². The Kier molecular flexibility index (Phi) is 5.54. The molecular formula is C12H17FINO2S. The van der Waals surface area contributed by atoms with Gasteiger partial charge in [-0.25, -0.2) is 17.5 Å². The maximum Gasteiger partial charge on any atom is 0.241 e. The first-order valence-corrected chi connectivity index (χ1v) is 8.63. The molecule has 1 aromatic rings. The zero-order valence-electron chi connectivity index (χ0n) is 10.6. The molecule has 1 rings (SSSR count). The highest BCUT2D eigenvalue weighted by Crippen LogP contribution is 2.18. The van der Waals surface area contributed by atoms with E-state index >= 15 is 0 Å². The third-order valence-corrected chi connectivity index (χ3v) is 5.30. The average molecular weight is 385 g/mol. The van der Waals surface area contributed by atoms with Crippen molar-refractivity contribution in [2.24, 2.45) is 5.92 Å². The third kappa shape index (κ3) is 3.89. The van der Waals surface area contributed by atoms with Gasteiger partial charge in [-0.1, -0.05) is 36.4 Å². The summed E-state index contributed by atoms with van der Waals surface area (Å²) in [5.74, 6) is -0.224. The van der Waals surface area contributed by atoms with Crippen LogP contribution in [0.1, 0.15) is 19.4 Å². The second-order valence-corrected chi connectivity index (χ2v) is 7.10. The van der Waals surface area contributed by atoms with Gasteiger partial charge in [-0.3, -0.25) is 0 Å². The van der Waals surface area contributed by atoms with Crippen molar-refractivity contribution in [3.8, 4) is 0 Å². The summed E-state index contributed by atoms with van der Waals surface area (Å²) in [5, 5.41) is 0. The van der Waals surface area contributed by atoms with Crippen LogP contribution in [0.25, 0.3) is 0 Å². The van der Waals surface area contributed by atoms with E-state index in [1.165, 1.54) is 12.1 Å². The molecule has 0 saturated heterocycles. The van der Waals surface area contributed by atoms with Gasteiger partial charge < -0.3 is 0 Å². The van der Waals surface area contributed by atoms with E-state index in [0.29, 0.717) is 9.99 Å². The second kappa shape index (κ2) is 6.29. The number of benzene rings is 1. The minimum Gasteiger partial charge on any atom is -0.207 e. The van der Waals surface area contributed by atoms with Gasteiger partial charge in [0.15, 0.2) is 0 Å². The predicted molar refractivity (Wildman–Crippen MR) is 79.0 cm³/mol. The van der Waals surface area contributed by atoms with Gasteiger partial charge in [0.05, 0.1) is 4.90 Å². The Labute approximate surface area is 121 Å². The first-order valence-electron chi connectivity index (χ1n) is 5.62. The number of alkyl halides is 1. The lowest BCUT2D eigenvalue weighted by Gasteiger charge is -2.20. The minimum absolute atomic E-state index is 0.125. The Bertz CT molecular complexity index is 517. The lowest BCUT2D eigenvalue weighted by molar-refractivity contribution is 0.485. The monoisotopic (exact) mass is 385 g/mol. The zero-order valence-corrected chi connectivity index (χ0v) is 13.5. The molecule has 3 nitrogen and oxygen atoms in total. The number of nitrogens with one attached hydrogen (secondary N) is 1. The van der Waals surface area contributed by atoms with Crippen molar-refractivity contribution in [2.75, 3.05) is 4.43 Å². The van der Waals surface area contributed by atoms with Gasteiger partial charge in [0.2, 0.25) is 10.0 Å². The Morgan fingerprint density at radius 1 is 1.39 bits per heavy atom. The van der Waals surface area contributed by atoms with Crippen molar-refractivity contribution in [2.45, 2.75) is 31.7 Å². The number of halogens is 2. The van der Waals surface area contributed by atoms with Gasteiger partial charge in [0, 0.05) is 10.5 Å². The zero-order chi connectivity index (χ0) is 13.9. The highest BCUT2D eigenvalue weighted by molar-refractivity contribution is 14.1. The van der Waals surface area contributed by atoms with Crippen molar-refractivity contribution in [1.82, 2.24) is 4.72 Å². The first-order chi connectivity index (χ1) is 8.27. The van der Waals surface area contributed by atoms with E-state index in [-0.39, 0.29) is 16.9 Å². The van der Waals surface area contributed by atoms with E-state index in [4.69, 9.17) is 0 Å².